The maximum absolute atomic E-state index is 12.1. The lowest BCUT2D eigenvalue weighted by atomic mass is 10.2. The SMILES string of the molecule is CCOc1ccc(NC(=O)COC(=O)c2ccccc2OCC)cc1. The van der Waals surface area contributed by atoms with E-state index in [4.69, 9.17) is 14.2 Å². The third kappa shape index (κ3) is 5.53. The molecule has 0 aliphatic rings. The molecule has 2 aromatic carbocycles. The molecule has 1 N–H and O–H groups in total. The van der Waals surface area contributed by atoms with E-state index in [1.807, 2.05) is 13.8 Å². The first-order valence-electron chi connectivity index (χ1n) is 8.05. The molecule has 6 nitrogen and oxygen atoms in total. The van der Waals surface area contributed by atoms with Crippen LogP contribution in [0.3, 0.4) is 0 Å². The fourth-order valence-corrected chi connectivity index (χ4v) is 2.12. The number of hydrogen-bond donors (Lipinski definition) is 1. The Kier molecular flexibility index (Phi) is 6.83. The van der Waals surface area contributed by atoms with Gasteiger partial charge in [0, 0.05) is 5.69 Å². The molecule has 0 saturated carbocycles. The highest BCUT2D eigenvalue weighted by atomic mass is 16.5. The quantitative estimate of drug-likeness (QED) is 0.745. The minimum atomic E-state index is -0.606. The lowest BCUT2D eigenvalue weighted by Crippen LogP contribution is -2.21. The van der Waals surface area contributed by atoms with Crippen molar-refractivity contribution in [2.75, 3.05) is 25.1 Å². The number of para-hydroxylation sites is 1. The summed E-state index contributed by atoms with van der Waals surface area (Å²) in [5, 5.41) is 2.65. The number of carbonyl (C=O) groups excluding carboxylic acids is 2. The molecule has 1 amide bonds. The molecule has 0 atom stereocenters. The standard InChI is InChI=1S/C19H21NO5/c1-3-23-15-11-9-14(10-12-15)20-18(21)13-25-19(22)16-7-5-6-8-17(16)24-4-2/h5-12H,3-4,13H2,1-2H3,(H,20,21). The van der Waals surface area contributed by atoms with Crippen LogP contribution in [-0.2, 0) is 9.53 Å². The van der Waals surface area contributed by atoms with Crippen LogP contribution >= 0.6 is 0 Å². The Bertz CT molecular complexity index is 712. The van der Waals surface area contributed by atoms with Gasteiger partial charge in [0.05, 0.1) is 13.2 Å². The van der Waals surface area contributed by atoms with E-state index in [0.29, 0.717) is 30.2 Å². The van der Waals surface area contributed by atoms with Crippen LogP contribution in [0, 0.1) is 0 Å². The number of esters is 1. The van der Waals surface area contributed by atoms with Crippen LogP contribution in [0.2, 0.25) is 0 Å². The van der Waals surface area contributed by atoms with E-state index >= 15 is 0 Å². The Balaban J connectivity index is 1.88. The number of nitrogens with one attached hydrogen (secondary N) is 1. The Labute approximate surface area is 146 Å². The number of anilines is 1. The van der Waals surface area contributed by atoms with Crippen LogP contribution in [0.4, 0.5) is 5.69 Å². The highest BCUT2D eigenvalue weighted by Gasteiger charge is 2.15. The van der Waals surface area contributed by atoms with Crippen LogP contribution in [0.1, 0.15) is 24.2 Å². The van der Waals surface area contributed by atoms with Gasteiger partial charge in [-0.2, -0.15) is 0 Å². The molecule has 25 heavy (non-hydrogen) atoms. The summed E-state index contributed by atoms with van der Waals surface area (Å²) < 4.78 is 15.8. The zero-order valence-corrected chi connectivity index (χ0v) is 14.3. The first-order chi connectivity index (χ1) is 12.1. The van der Waals surface area contributed by atoms with Gasteiger partial charge < -0.3 is 19.5 Å². The number of carbonyl (C=O) groups is 2. The number of rotatable bonds is 8. The topological polar surface area (TPSA) is 73.9 Å². The first-order valence-corrected chi connectivity index (χ1v) is 8.05. The van der Waals surface area contributed by atoms with Crippen LogP contribution in [0.5, 0.6) is 11.5 Å². The molecule has 2 aromatic rings. The zero-order valence-electron chi connectivity index (χ0n) is 14.3. The highest BCUT2D eigenvalue weighted by Crippen LogP contribution is 2.19. The Hall–Kier alpha value is -3.02. The fraction of sp³-hybridized carbons (Fsp3) is 0.263. The second-order valence-electron chi connectivity index (χ2n) is 5.01. The summed E-state index contributed by atoms with van der Waals surface area (Å²) in [6, 6.07) is 13.7. The van der Waals surface area contributed by atoms with Crippen LogP contribution in [0.15, 0.2) is 48.5 Å². The molecular formula is C19H21NO5. The number of hydrogen-bond acceptors (Lipinski definition) is 5. The van der Waals surface area contributed by atoms with Gasteiger partial charge in [0.1, 0.15) is 17.1 Å². The fourth-order valence-electron chi connectivity index (χ4n) is 2.12. The molecule has 0 bridgehead atoms. The van der Waals surface area contributed by atoms with Crippen LogP contribution in [-0.4, -0.2) is 31.7 Å². The molecule has 6 heteroatoms. The summed E-state index contributed by atoms with van der Waals surface area (Å²) in [7, 11) is 0. The third-order valence-corrected chi connectivity index (χ3v) is 3.19. The van der Waals surface area contributed by atoms with Crippen molar-refractivity contribution in [2.24, 2.45) is 0 Å². The van der Waals surface area contributed by atoms with Crippen molar-refractivity contribution >= 4 is 17.6 Å². The van der Waals surface area contributed by atoms with Gasteiger partial charge in [-0.25, -0.2) is 4.79 Å². The molecule has 0 fully saturated rings. The van der Waals surface area contributed by atoms with Gasteiger partial charge in [-0.15, -0.1) is 0 Å². The third-order valence-electron chi connectivity index (χ3n) is 3.19. The predicted octanol–water partition coefficient (Wildman–Crippen LogP) is 3.28. The van der Waals surface area contributed by atoms with E-state index in [-0.39, 0.29) is 6.61 Å². The molecule has 0 aliphatic carbocycles. The van der Waals surface area contributed by atoms with Crippen molar-refractivity contribution in [1.29, 1.82) is 0 Å². The van der Waals surface area contributed by atoms with Crippen molar-refractivity contribution in [3.63, 3.8) is 0 Å². The molecule has 0 radical (unpaired) electrons. The second-order valence-corrected chi connectivity index (χ2v) is 5.01. The summed E-state index contributed by atoms with van der Waals surface area (Å²) in [4.78, 5) is 24.0. The van der Waals surface area contributed by atoms with E-state index in [0.717, 1.165) is 5.75 Å². The molecule has 132 valence electrons. The number of ether oxygens (including phenoxy) is 3. The van der Waals surface area contributed by atoms with Gasteiger partial charge in [-0.3, -0.25) is 4.79 Å². The molecule has 0 saturated heterocycles. The van der Waals surface area contributed by atoms with Crippen LogP contribution < -0.4 is 14.8 Å². The zero-order chi connectivity index (χ0) is 18.1. The van der Waals surface area contributed by atoms with Crippen molar-refractivity contribution in [3.8, 4) is 11.5 Å². The van der Waals surface area contributed by atoms with Gasteiger partial charge in [0.2, 0.25) is 0 Å². The molecule has 2 rings (SSSR count). The molecule has 0 unspecified atom stereocenters. The van der Waals surface area contributed by atoms with Crippen molar-refractivity contribution in [1.82, 2.24) is 0 Å². The summed E-state index contributed by atoms with van der Waals surface area (Å²) in [6.07, 6.45) is 0. The van der Waals surface area contributed by atoms with E-state index in [2.05, 4.69) is 5.32 Å². The Morgan fingerprint density at radius 2 is 1.60 bits per heavy atom. The van der Waals surface area contributed by atoms with E-state index in [9.17, 15) is 9.59 Å². The maximum Gasteiger partial charge on any atom is 0.342 e. The van der Waals surface area contributed by atoms with E-state index in [1.54, 1.807) is 48.5 Å². The number of amides is 1. The lowest BCUT2D eigenvalue weighted by Gasteiger charge is -2.10. The molecule has 0 aliphatic heterocycles. The van der Waals surface area contributed by atoms with Crippen molar-refractivity contribution in [3.05, 3.63) is 54.1 Å². The summed E-state index contributed by atoms with van der Waals surface area (Å²) in [5.41, 5.74) is 0.887. The predicted molar refractivity (Wildman–Crippen MR) is 94.1 cm³/mol. The second kappa shape index (κ2) is 9.32. The maximum atomic E-state index is 12.1. The summed E-state index contributed by atoms with van der Waals surface area (Å²) in [5.74, 6) is 0.124. The van der Waals surface area contributed by atoms with Gasteiger partial charge >= 0.3 is 5.97 Å². The molecule has 0 spiro atoms. The first kappa shape index (κ1) is 18.3. The largest absolute Gasteiger partial charge is 0.494 e. The molecule has 0 heterocycles. The summed E-state index contributed by atoms with van der Waals surface area (Å²) in [6.45, 7) is 4.35. The normalized spacial score (nSPS) is 10.0. The average molecular weight is 343 g/mol. The lowest BCUT2D eigenvalue weighted by molar-refractivity contribution is -0.119. The minimum Gasteiger partial charge on any atom is -0.494 e. The van der Waals surface area contributed by atoms with Gasteiger partial charge in [0.25, 0.3) is 5.91 Å². The Morgan fingerprint density at radius 3 is 2.28 bits per heavy atom. The van der Waals surface area contributed by atoms with Crippen LogP contribution in [0.25, 0.3) is 0 Å². The van der Waals surface area contributed by atoms with Gasteiger partial charge in [-0.1, -0.05) is 12.1 Å². The minimum absolute atomic E-state index is 0.290. The van der Waals surface area contributed by atoms with Crippen molar-refractivity contribution < 1.29 is 23.8 Å². The van der Waals surface area contributed by atoms with Gasteiger partial charge in [0.15, 0.2) is 6.61 Å². The highest BCUT2D eigenvalue weighted by molar-refractivity contribution is 5.96. The monoisotopic (exact) mass is 343 g/mol. The van der Waals surface area contributed by atoms with Crippen molar-refractivity contribution in [2.45, 2.75) is 13.8 Å². The number of benzene rings is 2. The smallest absolute Gasteiger partial charge is 0.342 e. The Morgan fingerprint density at radius 1 is 0.920 bits per heavy atom. The van der Waals surface area contributed by atoms with E-state index < -0.39 is 11.9 Å². The summed E-state index contributed by atoms with van der Waals surface area (Å²) >= 11 is 0. The van der Waals surface area contributed by atoms with E-state index in [1.165, 1.54) is 0 Å². The molecule has 0 aromatic heterocycles. The van der Waals surface area contributed by atoms with Gasteiger partial charge in [-0.05, 0) is 50.2 Å². The average Bonchev–Trinajstić information content (AvgIpc) is 2.62. The molecular weight excluding hydrogens is 322 g/mol.